The fraction of sp³-hybridized carbons (Fsp3) is 0.323. The molecule has 3 amide bonds. The third kappa shape index (κ3) is 4.64. The van der Waals surface area contributed by atoms with Gasteiger partial charge in [-0.2, -0.15) is 0 Å². The zero-order chi connectivity index (χ0) is 26.2. The molecule has 0 heterocycles. The van der Waals surface area contributed by atoms with Crippen molar-refractivity contribution in [1.82, 2.24) is 16.0 Å². The maximum Gasteiger partial charge on any atom is 0.407 e. The van der Waals surface area contributed by atoms with Crippen molar-refractivity contribution >= 4 is 17.9 Å². The van der Waals surface area contributed by atoms with E-state index in [9.17, 15) is 14.4 Å². The first-order chi connectivity index (χ1) is 18.4. The van der Waals surface area contributed by atoms with Crippen LogP contribution in [0, 0.1) is 5.41 Å². The van der Waals surface area contributed by atoms with Crippen molar-refractivity contribution in [3.8, 4) is 11.1 Å². The summed E-state index contributed by atoms with van der Waals surface area (Å²) in [7, 11) is 0. The first kappa shape index (κ1) is 24.2. The zero-order valence-corrected chi connectivity index (χ0v) is 21.2. The Labute approximate surface area is 222 Å². The SMILES string of the molecule is O=C(CNC(=O)OCC1c2ccccc2-c2ccccc21)NCC(=O)NC12CC(Cc3ccccc3)(C1)C2. The van der Waals surface area contributed by atoms with Gasteiger partial charge < -0.3 is 20.7 Å². The minimum Gasteiger partial charge on any atom is -0.449 e. The summed E-state index contributed by atoms with van der Waals surface area (Å²) < 4.78 is 5.45. The molecule has 0 radical (unpaired) electrons. The van der Waals surface area contributed by atoms with Crippen LogP contribution in [0.3, 0.4) is 0 Å². The Hall–Kier alpha value is -4.13. The molecule has 4 aliphatic carbocycles. The molecular formula is C31H31N3O4. The number of carbonyl (C=O) groups is 3. The van der Waals surface area contributed by atoms with E-state index in [0.717, 1.165) is 47.9 Å². The lowest BCUT2D eigenvalue weighted by Gasteiger charge is -2.71. The number of hydrogen-bond acceptors (Lipinski definition) is 4. The number of carbonyl (C=O) groups excluding carboxylic acids is 3. The van der Waals surface area contributed by atoms with Crippen LogP contribution >= 0.6 is 0 Å². The molecule has 7 heteroatoms. The normalized spacial score (nSPS) is 22.2. The van der Waals surface area contributed by atoms with Gasteiger partial charge in [0.05, 0.1) is 6.54 Å². The Morgan fingerprint density at radius 2 is 1.32 bits per heavy atom. The molecule has 0 unspecified atom stereocenters. The van der Waals surface area contributed by atoms with Crippen LogP contribution in [-0.2, 0) is 20.7 Å². The second-order valence-electron chi connectivity index (χ2n) is 11.0. The third-order valence-electron chi connectivity index (χ3n) is 8.15. The lowest BCUT2D eigenvalue weighted by atomic mass is 9.38. The summed E-state index contributed by atoms with van der Waals surface area (Å²) in [5.41, 5.74) is 6.09. The van der Waals surface area contributed by atoms with Crippen molar-refractivity contribution in [2.24, 2.45) is 5.41 Å². The minimum atomic E-state index is -0.663. The molecule has 194 valence electrons. The van der Waals surface area contributed by atoms with Crippen molar-refractivity contribution < 1.29 is 19.1 Å². The van der Waals surface area contributed by atoms with E-state index in [4.69, 9.17) is 4.74 Å². The smallest absolute Gasteiger partial charge is 0.407 e. The summed E-state index contributed by atoms with van der Waals surface area (Å²) in [5, 5.41) is 8.15. The first-order valence-corrected chi connectivity index (χ1v) is 13.1. The van der Waals surface area contributed by atoms with Gasteiger partial charge in [0.2, 0.25) is 11.8 Å². The lowest BCUT2D eigenvalue weighted by Crippen LogP contribution is -2.75. The summed E-state index contributed by atoms with van der Waals surface area (Å²) in [6, 6.07) is 26.7. The molecule has 7 rings (SSSR count). The summed E-state index contributed by atoms with van der Waals surface area (Å²) in [6.45, 7) is -0.189. The number of rotatable bonds is 9. The third-order valence-corrected chi connectivity index (χ3v) is 8.15. The molecule has 3 N–H and O–H groups in total. The Balaban J connectivity index is 0.899. The largest absolute Gasteiger partial charge is 0.449 e. The Morgan fingerprint density at radius 1 is 0.737 bits per heavy atom. The van der Waals surface area contributed by atoms with Crippen molar-refractivity contribution in [2.45, 2.75) is 37.1 Å². The Kier molecular flexibility index (Phi) is 6.14. The van der Waals surface area contributed by atoms with Crippen LogP contribution in [0.4, 0.5) is 4.79 Å². The van der Waals surface area contributed by atoms with Gasteiger partial charge in [-0.25, -0.2) is 4.79 Å². The quantitative estimate of drug-likeness (QED) is 0.407. The monoisotopic (exact) mass is 509 g/mol. The number of benzene rings is 3. The molecular weight excluding hydrogens is 478 g/mol. The number of fused-ring (bicyclic) bond motifs is 3. The second kappa shape index (κ2) is 9.63. The lowest BCUT2D eigenvalue weighted by molar-refractivity contribution is -0.164. The van der Waals surface area contributed by atoms with E-state index in [1.165, 1.54) is 5.56 Å². The molecule has 7 nitrogen and oxygen atoms in total. The molecule has 3 fully saturated rings. The number of nitrogens with one attached hydrogen (secondary N) is 3. The minimum absolute atomic E-state index is 0.0468. The van der Waals surface area contributed by atoms with E-state index < -0.39 is 12.0 Å². The van der Waals surface area contributed by atoms with Gasteiger partial charge >= 0.3 is 6.09 Å². The molecule has 0 atom stereocenters. The molecule has 38 heavy (non-hydrogen) atoms. The first-order valence-electron chi connectivity index (χ1n) is 13.1. The van der Waals surface area contributed by atoms with Gasteiger partial charge in [-0.15, -0.1) is 0 Å². The fourth-order valence-electron chi connectivity index (χ4n) is 6.73. The van der Waals surface area contributed by atoms with Crippen LogP contribution in [0.15, 0.2) is 78.9 Å². The predicted molar refractivity (Wildman–Crippen MR) is 143 cm³/mol. The van der Waals surface area contributed by atoms with Crippen LogP contribution < -0.4 is 16.0 Å². The number of alkyl carbamates (subject to hydrolysis) is 1. The van der Waals surface area contributed by atoms with E-state index in [1.807, 2.05) is 30.3 Å². The topological polar surface area (TPSA) is 96.5 Å². The van der Waals surface area contributed by atoms with Gasteiger partial charge in [0.1, 0.15) is 13.2 Å². The molecule has 0 aromatic heterocycles. The highest BCUT2D eigenvalue weighted by Crippen LogP contribution is 2.68. The van der Waals surface area contributed by atoms with E-state index in [1.54, 1.807) is 0 Å². The highest BCUT2D eigenvalue weighted by Gasteiger charge is 2.67. The molecule has 3 saturated carbocycles. The van der Waals surface area contributed by atoms with Gasteiger partial charge in [0.15, 0.2) is 0 Å². The molecule has 2 bridgehead atoms. The number of amides is 3. The fourth-order valence-corrected chi connectivity index (χ4v) is 6.73. The van der Waals surface area contributed by atoms with Crippen molar-refractivity contribution in [2.75, 3.05) is 19.7 Å². The van der Waals surface area contributed by atoms with Crippen LogP contribution in [0.2, 0.25) is 0 Å². The predicted octanol–water partition coefficient (Wildman–Crippen LogP) is 3.92. The highest BCUT2D eigenvalue weighted by molar-refractivity contribution is 5.87. The van der Waals surface area contributed by atoms with E-state index in [2.05, 4.69) is 64.5 Å². The van der Waals surface area contributed by atoms with E-state index in [-0.39, 0.29) is 37.1 Å². The molecule has 3 aromatic rings. The van der Waals surface area contributed by atoms with Crippen molar-refractivity contribution in [1.29, 1.82) is 0 Å². The van der Waals surface area contributed by atoms with Gasteiger partial charge in [-0.05, 0) is 58.9 Å². The number of hydrogen-bond donors (Lipinski definition) is 3. The highest BCUT2D eigenvalue weighted by atomic mass is 16.5. The van der Waals surface area contributed by atoms with Gasteiger partial charge in [0.25, 0.3) is 0 Å². The van der Waals surface area contributed by atoms with E-state index in [0.29, 0.717) is 5.41 Å². The zero-order valence-electron chi connectivity index (χ0n) is 21.2. The average Bonchev–Trinajstić information content (AvgIpc) is 3.22. The molecule has 0 saturated heterocycles. The maximum absolute atomic E-state index is 12.4. The summed E-state index contributed by atoms with van der Waals surface area (Å²) in [4.78, 5) is 36.9. The summed E-state index contributed by atoms with van der Waals surface area (Å²) >= 11 is 0. The Bertz CT molecular complexity index is 1320. The average molecular weight is 510 g/mol. The summed E-state index contributed by atoms with van der Waals surface area (Å²) in [5.74, 6) is -0.686. The van der Waals surface area contributed by atoms with Crippen LogP contribution in [0.5, 0.6) is 0 Å². The number of ether oxygens (including phenoxy) is 1. The summed E-state index contributed by atoms with van der Waals surface area (Å²) in [6.07, 6.45) is 3.33. The van der Waals surface area contributed by atoms with Crippen LogP contribution in [0.25, 0.3) is 11.1 Å². The van der Waals surface area contributed by atoms with Crippen molar-refractivity contribution in [3.63, 3.8) is 0 Å². The standard InChI is InChI=1S/C31H31N3O4/c35-27(32-16-28(36)34-31-18-30(19-31,20-31)14-21-8-2-1-3-9-21)15-33-29(37)38-17-26-24-12-6-4-10-22(24)23-11-5-7-13-25(23)26/h1-13,26H,14-20H2,(H,32,35)(H,33,37)(H,34,36). The Morgan fingerprint density at radius 3 is 1.97 bits per heavy atom. The van der Waals surface area contributed by atoms with E-state index >= 15 is 0 Å². The van der Waals surface area contributed by atoms with Crippen LogP contribution in [0.1, 0.15) is 41.9 Å². The van der Waals surface area contributed by atoms with Gasteiger partial charge in [-0.1, -0.05) is 78.9 Å². The van der Waals surface area contributed by atoms with Crippen LogP contribution in [-0.4, -0.2) is 43.1 Å². The van der Waals surface area contributed by atoms with Gasteiger partial charge in [-0.3, -0.25) is 9.59 Å². The molecule has 3 aromatic carbocycles. The molecule has 0 aliphatic heterocycles. The maximum atomic E-state index is 12.4. The molecule has 4 aliphatic rings. The molecule has 0 spiro atoms. The van der Waals surface area contributed by atoms with Gasteiger partial charge in [0, 0.05) is 11.5 Å². The van der Waals surface area contributed by atoms with Crippen molar-refractivity contribution in [3.05, 3.63) is 95.6 Å². The second-order valence-corrected chi connectivity index (χ2v) is 11.0.